The van der Waals surface area contributed by atoms with E-state index in [1.165, 1.54) is 0 Å². The fourth-order valence-electron chi connectivity index (χ4n) is 2.45. The number of nitrogens with two attached hydrogens (primary N) is 1. The molecule has 1 aliphatic heterocycles. The number of carbonyl (C=O) groups excluding carboxylic acids is 1. The number of hydrogen-bond acceptors (Lipinski definition) is 3. The molecule has 3 N–H and O–H groups in total. The van der Waals surface area contributed by atoms with Gasteiger partial charge in [-0.05, 0) is 27.7 Å². The minimum atomic E-state index is -0.932. The lowest BCUT2D eigenvalue weighted by Crippen LogP contribution is -2.49. The molecule has 1 rings (SSSR count). The molecule has 6 heteroatoms. The van der Waals surface area contributed by atoms with E-state index in [1.807, 2.05) is 27.7 Å². The molecule has 1 aliphatic rings. The van der Waals surface area contributed by atoms with Gasteiger partial charge in [-0.15, -0.1) is 0 Å². The molecule has 0 spiro atoms. The standard InChI is InChI=1S/C12H23N3O3/c1-7(2)15(8(3)4)12(18)14-5-9(11(16)17)10(13)6-14/h7-10H,5-6,13H2,1-4H3,(H,16,17)/t9-,10+/m1/s1. The number of hydrogen-bond donors (Lipinski definition) is 2. The topological polar surface area (TPSA) is 86.9 Å². The first-order chi connectivity index (χ1) is 8.25. The molecular weight excluding hydrogens is 234 g/mol. The molecule has 2 amide bonds. The van der Waals surface area contributed by atoms with Crippen LogP contribution in [0.25, 0.3) is 0 Å². The van der Waals surface area contributed by atoms with Gasteiger partial charge < -0.3 is 20.6 Å². The van der Waals surface area contributed by atoms with Crippen molar-refractivity contribution in [2.24, 2.45) is 11.7 Å². The lowest BCUT2D eigenvalue weighted by Gasteiger charge is -2.34. The zero-order valence-corrected chi connectivity index (χ0v) is 11.5. The Morgan fingerprint density at radius 1 is 1.22 bits per heavy atom. The smallest absolute Gasteiger partial charge is 0.320 e. The molecule has 0 saturated carbocycles. The average molecular weight is 257 g/mol. The molecule has 104 valence electrons. The van der Waals surface area contributed by atoms with Crippen LogP contribution in [-0.2, 0) is 4.79 Å². The van der Waals surface area contributed by atoms with Crippen LogP contribution in [0.5, 0.6) is 0 Å². The van der Waals surface area contributed by atoms with Gasteiger partial charge in [0.05, 0.1) is 5.92 Å². The summed E-state index contributed by atoms with van der Waals surface area (Å²) < 4.78 is 0. The second-order valence-corrected chi connectivity index (χ2v) is 5.39. The SMILES string of the molecule is CC(C)N(C(=O)N1C[C@H](N)[C@H](C(=O)O)C1)C(C)C. The van der Waals surface area contributed by atoms with E-state index in [0.29, 0.717) is 6.54 Å². The summed E-state index contributed by atoms with van der Waals surface area (Å²) in [6.45, 7) is 8.30. The molecule has 6 nitrogen and oxygen atoms in total. The number of carbonyl (C=O) groups is 2. The van der Waals surface area contributed by atoms with Crippen LogP contribution in [0, 0.1) is 5.92 Å². The molecule has 18 heavy (non-hydrogen) atoms. The Bertz CT molecular complexity index is 323. The summed E-state index contributed by atoms with van der Waals surface area (Å²) in [5, 5.41) is 9.01. The normalized spacial score (nSPS) is 23.8. The van der Waals surface area contributed by atoms with Gasteiger partial charge in [0.25, 0.3) is 0 Å². The van der Waals surface area contributed by atoms with Crippen molar-refractivity contribution in [3.63, 3.8) is 0 Å². The van der Waals surface area contributed by atoms with Crippen molar-refractivity contribution in [3.05, 3.63) is 0 Å². The van der Waals surface area contributed by atoms with E-state index in [0.717, 1.165) is 0 Å². The lowest BCUT2D eigenvalue weighted by molar-refractivity contribution is -0.141. The summed E-state index contributed by atoms with van der Waals surface area (Å²) in [7, 11) is 0. The van der Waals surface area contributed by atoms with Crippen molar-refractivity contribution in [3.8, 4) is 0 Å². The van der Waals surface area contributed by atoms with Crippen LogP contribution in [0.1, 0.15) is 27.7 Å². The molecule has 0 bridgehead atoms. The van der Waals surface area contributed by atoms with Crippen molar-refractivity contribution in [1.29, 1.82) is 0 Å². The minimum absolute atomic E-state index is 0.0811. The van der Waals surface area contributed by atoms with Gasteiger partial charge >= 0.3 is 12.0 Å². The van der Waals surface area contributed by atoms with Crippen LogP contribution >= 0.6 is 0 Å². The maximum Gasteiger partial charge on any atom is 0.320 e. The molecule has 1 saturated heterocycles. The third-order valence-corrected chi connectivity index (χ3v) is 3.29. The Kier molecular flexibility index (Phi) is 4.56. The van der Waals surface area contributed by atoms with Crippen molar-refractivity contribution in [1.82, 2.24) is 9.80 Å². The summed E-state index contributed by atoms with van der Waals surface area (Å²) in [6.07, 6.45) is 0. The van der Waals surface area contributed by atoms with Gasteiger partial charge in [-0.2, -0.15) is 0 Å². The Morgan fingerprint density at radius 3 is 2.06 bits per heavy atom. The zero-order chi connectivity index (χ0) is 14.0. The van der Waals surface area contributed by atoms with Gasteiger partial charge in [0.15, 0.2) is 0 Å². The van der Waals surface area contributed by atoms with E-state index in [9.17, 15) is 9.59 Å². The van der Waals surface area contributed by atoms with Crippen molar-refractivity contribution < 1.29 is 14.7 Å². The fourth-order valence-corrected chi connectivity index (χ4v) is 2.45. The highest BCUT2D eigenvalue weighted by Gasteiger charge is 2.39. The monoisotopic (exact) mass is 257 g/mol. The van der Waals surface area contributed by atoms with E-state index >= 15 is 0 Å². The molecule has 1 fully saturated rings. The number of aliphatic carboxylic acids is 1. The van der Waals surface area contributed by atoms with Gasteiger partial charge in [0.1, 0.15) is 0 Å². The highest BCUT2D eigenvalue weighted by molar-refractivity contribution is 5.78. The number of rotatable bonds is 3. The van der Waals surface area contributed by atoms with Crippen molar-refractivity contribution in [2.45, 2.75) is 45.8 Å². The van der Waals surface area contributed by atoms with Crippen molar-refractivity contribution >= 4 is 12.0 Å². The van der Waals surface area contributed by atoms with Crippen LogP contribution < -0.4 is 5.73 Å². The molecular formula is C12H23N3O3. The zero-order valence-electron chi connectivity index (χ0n) is 11.5. The molecule has 0 aromatic carbocycles. The highest BCUT2D eigenvalue weighted by Crippen LogP contribution is 2.19. The second-order valence-electron chi connectivity index (χ2n) is 5.39. The number of amides is 2. The fraction of sp³-hybridized carbons (Fsp3) is 0.833. The van der Waals surface area contributed by atoms with Crippen molar-refractivity contribution in [2.75, 3.05) is 13.1 Å². The number of likely N-dealkylation sites (tertiary alicyclic amines) is 1. The molecule has 0 unspecified atom stereocenters. The van der Waals surface area contributed by atoms with Gasteiger partial charge in [-0.1, -0.05) is 0 Å². The van der Waals surface area contributed by atoms with E-state index in [1.54, 1.807) is 9.80 Å². The van der Waals surface area contributed by atoms with Gasteiger partial charge in [0, 0.05) is 31.2 Å². The number of nitrogens with zero attached hydrogens (tertiary/aromatic N) is 2. The van der Waals surface area contributed by atoms with Crippen LogP contribution in [0.2, 0.25) is 0 Å². The Labute approximate surface area is 108 Å². The van der Waals surface area contributed by atoms with Crippen LogP contribution in [0.4, 0.5) is 4.79 Å². The predicted molar refractivity (Wildman–Crippen MR) is 68.2 cm³/mol. The first-order valence-corrected chi connectivity index (χ1v) is 6.31. The number of urea groups is 1. The minimum Gasteiger partial charge on any atom is -0.481 e. The maximum absolute atomic E-state index is 12.3. The third-order valence-electron chi connectivity index (χ3n) is 3.29. The van der Waals surface area contributed by atoms with E-state index < -0.39 is 17.9 Å². The molecule has 0 radical (unpaired) electrons. The Morgan fingerprint density at radius 2 is 1.72 bits per heavy atom. The Hall–Kier alpha value is -1.30. The quantitative estimate of drug-likeness (QED) is 0.773. The third kappa shape index (κ3) is 2.93. The average Bonchev–Trinajstić information content (AvgIpc) is 2.59. The summed E-state index contributed by atoms with van der Waals surface area (Å²) in [4.78, 5) is 26.6. The van der Waals surface area contributed by atoms with E-state index in [4.69, 9.17) is 10.8 Å². The van der Waals surface area contributed by atoms with Crippen LogP contribution in [-0.4, -0.2) is 58.1 Å². The number of carboxylic acids is 1. The van der Waals surface area contributed by atoms with E-state index in [-0.39, 0.29) is 24.7 Å². The molecule has 1 heterocycles. The van der Waals surface area contributed by atoms with Crippen LogP contribution in [0.15, 0.2) is 0 Å². The second kappa shape index (κ2) is 5.56. The summed E-state index contributed by atoms with van der Waals surface area (Å²) >= 11 is 0. The Balaban J connectivity index is 2.77. The van der Waals surface area contributed by atoms with Gasteiger partial charge in [0.2, 0.25) is 0 Å². The van der Waals surface area contributed by atoms with Gasteiger partial charge in [-0.25, -0.2) is 4.79 Å². The summed E-state index contributed by atoms with van der Waals surface area (Å²) in [6, 6.07) is -0.443. The maximum atomic E-state index is 12.3. The van der Waals surface area contributed by atoms with E-state index in [2.05, 4.69) is 0 Å². The summed E-state index contributed by atoms with van der Waals surface area (Å²) in [5.41, 5.74) is 5.77. The molecule has 0 aromatic heterocycles. The lowest BCUT2D eigenvalue weighted by atomic mass is 10.1. The highest BCUT2D eigenvalue weighted by atomic mass is 16.4. The predicted octanol–water partition coefficient (Wildman–Crippen LogP) is 0.569. The summed E-state index contributed by atoms with van der Waals surface area (Å²) in [5.74, 6) is -1.59. The van der Waals surface area contributed by atoms with Crippen LogP contribution in [0.3, 0.4) is 0 Å². The first-order valence-electron chi connectivity index (χ1n) is 6.31. The van der Waals surface area contributed by atoms with Gasteiger partial charge in [-0.3, -0.25) is 4.79 Å². The number of carboxylic acid groups (broad SMARTS) is 1. The molecule has 0 aromatic rings. The largest absolute Gasteiger partial charge is 0.481 e. The first kappa shape index (κ1) is 14.8. The molecule has 2 atom stereocenters. The molecule has 0 aliphatic carbocycles.